The number of esters is 1. The number of nitrogens with zero attached hydrogens (tertiary/aromatic N) is 1. The van der Waals surface area contributed by atoms with Crippen LogP contribution >= 0.6 is 0 Å². The largest absolute Gasteiger partial charge is 0.465 e. The van der Waals surface area contributed by atoms with Crippen molar-refractivity contribution in [1.29, 1.82) is 0 Å². The number of likely N-dealkylation sites (tertiary alicyclic amines) is 1. The third-order valence-electron chi connectivity index (χ3n) is 8.63. The second-order valence-electron chi connectivity index (χ2n) is 11.2. The number of hydrogen-bond donors (Lipinski definition) is 1. The van der Waals surface area contributed by atoms with Gasteiger partial charge in [0.1, 0.15) is 5.41 Å². The van der Waals surface area contributed by atoms with Gasteiger partial charge in [-0.2, -0.15) is 0 Å². The van der Waals surface area contributed by atoms with E-state index in [1.54, 1.807) is 0 Å². The topological polar surface area (TPSA) is 75.7 Å². The zero-order valence-corrected chi connectivity index (χ0v) is 23.0. The molecule has 0 bridgehead atoms. The van der Waals surface area contributed by atoms with Gasteiger partial charge in [-0.3, -0.25) is 14.4 Å². The van der Waals surface area contributed by atoms with Crippen molar-refractivity contribution in [2.45, 2.75) is 77.7 Å². The number of piperidine rings is 1. The Morgan fingerprint density at radius 2 is 1.87 bits per heavy atom. The lowest BCUT2D eigenvalue weighted by Crippen LogP contribution is -2.54. The van der Waals surface area contributed by atoms with Gasteiger partial charge in [-0.1, -0.05) is 60.2 Å². The van der Waals surface area contributed by atoms with Crippen LogP contribution in [0.2, 0.25) is 0 Å². The second-order valence-corrected chi connectivity index (χ2v) is 11.2. The highest BCUT2D eigenvalue weighted by atomic mass is 16.5. The molecular formula is C33H40N2O4. The zero-order valence-electron chi connectivity index (χ0n) is 23.0. The van der Waals surface area contributed by atoms with Gasteiger partial charge < -0.3 is 15.0 Å². The first kappa shape index (κ1) is 27.2. The van der Waals surface area contributed by atoms with E-state index in [1.807, 2.05) is 36.1 Å². The number of allylic oxidation sites excluding steroid dienone is 2. The third kappa shape index (κ3) is 5.80. The van der Waals surface area contributed by atoms with Crippen LogP contribution in [0, 0.1) is 11.3 Å². The number of carbonyl (C=O) groups is 3. The Balaban J connectivity index is 1.35. The molecule has 39 heavy (non-hydrogen) atoms. The number of nitrogens with one attached hydrogen (secondary N) is 1. The summed E-state index contributed by atoms with van der Waals surface area (Å²) in [4.78, 5) is 42.4. The Morgan fingerprint density at radius 1 is 1.05 bits per heavy atom. The molecule has 1 N–H and O–H groups in total. The molecule has 0 spiro atoms. The van der Waals surface area contributed by atoms with E-state index in [2.05, 4.69) is 35.7 Å². The zero-order chi connectivity index (χ0) is 27.2. The summed E-state index contributed by atoms with van der Waals surface area (Å²) in [6, 6.07) is 14.2. The Kier molecular flexibility index (Phi) is 8.49. The van der Waals surface area contributed by atoms with Crippen molar-refractivity contribution in [3.63, 3.8) is 0 Å². The number of fused-ring (bicyclic) bond motifs is 2. The normalized spacial score (nSPS) is 23.1. The van der Waals surface area contributed by atoms with Gasteiger partial charge in [-0.25, -0.2) is 0 Å². The first-order chi connectivity index (χ1) is 19.0. The molecule has 5 rings (SSSR count). The van der Waals surface area contributed by atoms with Gasteiger partial charge in [0.05, 0.1) is 6.61 Å². The number of amides is 2. The maximum Gasteiger partial charge on any atom is 0.318 e. The number of carbonyl (C=O) groups excluding carboxylic acids is 3. The Morgan fingerprint density at radius 3 is 2.69 bits per heavy atom. The molecule has 0 aromatic heterocycles. The molecule has 0 saturated carbocycles. The molecular weight excluding hydrogens is 488 g/mol. The summed E-state index contributed by atoms with van der Waals surface area (Å²) in [5.74, 6) is -1.03. The molecule has 1 fully saturated rings. The van der Waals surface area contributed by atoms with E-state index in [0.29, 0.717) is 32.5 Å². The fourth-order valence-corrected chi connectivity index (χ4v) is 6.66. The fraction of sp³-hybridized carbons (Fsp3) is 0.485. The molecule has 6 heteroatoms. The monoisotopic (exact) mass is 528 g/mol. The van der Waals surface area contributed by atoms with Crippen LogP contribution < -0.4 is 5.32 Å². The number of hydrogen-bond acceptors (Lipinski definition) is 4. The number of benzene rings is 2. The smallest absolute Gasteiger partial charge is 0.318 e. The van der Waals surface area contributed by atoms with Gasteiger partial charge in [0.15, 0.2) is 0 Å². The molecule has 0 unspecified atom stereocenters. The standard InChI is InChI=1S/C33H40N2O4/c1-2-39-32(38)33-19-9-8-17-29(33)35(20-18-24-11-4-3-5-12-24)31(37)27(22-33)21-30(36)34-23-26-15-10-14-25-13-6-7-16-28(25)26/h6-7,10-11,13-17,27H,2-5,8-9,12,18-23H2,1H3,(H,34,36)/t27-,33+/m1/s1. The summed E-state index contributed by atoms with van der Waals surface area (Å²) in [5, 5.41) is 5.28. The van der Waals surface area contributed by atoms with E-state index >= 15 is 0 Å². The summed E-state index contributed by atoms with van der Waals surface area (Å²) in [7, 11) is 0. The van der Waals surface area contributed by atoms with Crippen LogP contribution in [-0.2, 0) is 25.7 Å². The van der Waals surface area contributed by atoms with Crippen molar-refractivity contribution >= 4 is 28.6 Å². The molecule has 1 heterocycles. The lowest BCUT2D eigenvalue weighted by molar-refractivity contribution is -0.162. The van der Waals surface area contributed by atoms with Crippen LogP contribution in [0.4, 0.5) is 0 Å². The minimum atomic E-state index is -0.857. The van der Waals surface area contributed by atoms with Gasteiger partial charge in [-0.15, -0.1) is 0 Å². The molecule has 2 aromatic rings. The van der Waals surface area contributed by atoms with Crippen molar-refractivity contribution in [3.05, 3.63) is 71.5 Å². The summed E-state index contributed by atoms with van der Waals surface area (Å²) in [6.07, 6.45) is 12.5. The highest BCUT2D eigenvalue weighted by Crippen LogP contribution is 2.50. The van der Waals surface area contributed by atoms with Crippen LogP contribution in [0.1, 0.15) is 76.7 Å². The fourth-order valence-electron chi connectivity index (χ4n) is 6.66. The molecule has 2 atom stereocenters. The van der Waals surface area contributed by atoms with Crippen LogP contribution in [0.15, 0.2) is 65.9 Å². The highest BCUT2D eigenvalue weighted by Gasteiger charge is 2.54. The second kappa shape index (κ2) is 12.2. The minimum absolute atomic E-state index is 0.0419. The van der Waals surface area contributed by atoms with Crippen molar-refractivity contribution < 1.29 is 19.1 Å². The lowest BCUT2D eigenvalue weighted by Gasteiger charge is -2.48. The van der Waals surface area contributed by atoms with Crippen molar-refractivity contribution in [1.82, 2.24) is 10.2 Å². The average Bonchev–Trinajstić information content (AvgIpc) is 2.96. The third-order valence-corrected chi connectivity index (χ3v) is 8.63. The molecule has 206 valence electrons. The maximum absolute atomic E-state index is 13.9. The van der Waals surface area contributed by atoms with Crippen LogP contribution in [-0.4, -0.2) is 35.8 Å². The molecule has 3 aliphatic rings. The molecule has 2 aromatic carbocycles. The van der Waals surface area contributed by atoms with Crippen LogP contribution in [0.5, 0.6) is 0 Å². The quantitative estimate of drug-likeness (QED) is 0.310. The van der Waals surface area contributed by atoms with Gasteiger partial charge in [-0.05, 0) is 81.0 Å². The van der Waals surface area contributed by atoms with E-state index in [1.165, 1.54) is 18.4 Å². The maximum atomic E-state index is 13.9. The first-order valence-corrected chi connectivity index (χ1v) is 14.6. The van der Waals surface area contributed by atoms with Crippen molar-refractivity contribution in [2.75, 3.05) is 13.2 Å². The predicted octanol–water partition coefficient (Wildman–Crippen LogP) is 6.20. The summed E-state index contributed by atoms with van der Waals surface area (Å²) >= 11 is 0. The van der Waals surface area contributed by atoms with Gasteiger partial charge in [0, 0.05) is 31.1 Å². The van der Waals surface area contributed by atoms with Crippen LogP contribution in [0.3, 0.4) is 0 Å². The molecule has 1 saturated heterocycles. The van der Waals surface area contributed by atoms with Crippen LogP contribution in [0.25, 0.3) is 10.8 Å². The summed E-state index contributed by atoms with van der Waals surface area (Å²) in [6.45, 7) is 3.06. The molecule has 1 aliphatic heterocycles. The minimum Gasteiger partial charge on any atom is -0.465 e. The lowest BCUT2D eigenvalue weighted by atomic mass is 9.66. The van der Waals surface area contributed by atoms with E-state index in [4.69, 9.17) is 4.74 Å². The van der Waals surface area contributed by atoms with E-state index in [0.717, 1.165) is 54.1 Å². The van der Waals surface area contributed by atoms with Gasteiger partial charge in [0.2, 0.25) is 11.8 Å². The Bertz CT molecular complexity index is 1290. The van der Waals surface area contributed by atoms with Crippen molar-refractivity contribution in [2.24, 2.45) is 11.3 Å². The van der Waals surface area contributed by atoms with E-state index in [-0.39, 0.29) is 24.2 Å². The van der Waals surface area contributed by atoms with Crippen molar-refractivity contribution in [3.8, 4) is 0 Å². The highest BCUT2D eigenvalue weighted by molar-refractivity contribution is 5.92. The predicted molar refractivity (Wildman–Crippen MR) is 152 cm³/mol. The average molecular weight is 529 g/mol. The number of ether oxygens (including phenoxy) is 1. The van der Waals surface area contributed by atoms with E-state index < -0.39 is 11.3 Å². The SMILES string of the molecule is CCOC(=O)[C@]12CCCC=C1N(CCC1=CCCCC1)C(=O)[C@H](CC(=O)NCc1cccc3ccccc13)C2. The summed E-state index contributed by atoms with van der Waals surface area (Å²) in [5.41, 5.74) is 2.38. The number of rotatable bonds is 9. The van der Waals surface area contributed by atoms with Gasteiger partial charge in [0.25, 0.3) is 0 Å². The Hall–Kier alpha value is -3.41. The molecule has 6 nitrogen and oxygen atoms in total. The molecule has 2 amide bonds. The van der Waals surface area contributed by atoms with E-state index in [9.17, 15) is 14.4 Å². The van der Waals surface area contributed by atoms with Gasteiger partial charge >= 0.3 is 5.97 Å². The molecule has 0 radical (unpaired) electrons. The first-order valence-electron chi connectivity index (χ1n) is 14.6. The Labute approximate surface area is 231 Å². The summed E-state index contributed by atoms with van der Waals surface area (Å²) < 4.78 is 5.59. The molecule has 2 aliphatic carbocycles.